The number of hydrogen-bond donors (Lipinski definition) is 1. The van der Waals surface area contributed by atoms with Crippen molar-refractivity contribution >= 4 is 0 Å². The zero-order chi connectivity index (χ0) is 14.4. The van der Waals surface area contributed by atoms with Gasteiger partial charge in [-0.3, -0.25) is 0 Å². The van der Waals surface area contributed by atoms with E-state index in [2.05, 4.69) is 36.5 Å². The van der Waals surface area contributed by atoms with E-state index < -0.39 is 0 Å². The summed E-state index contributed by atoms with van der Waals surface area (Å²) < 4.78 is 11.2. The van der Waals surface area contributed by atoms with Gasteiger partial charge in [-0.05, 0) is 43.7 Å². The van der Waals surface area contributed by atoms with Crippen molar-refractivity contribution in [3.63, 3.8) is 0 Å². The number of hydrogen-bond acceptors (Lipinski definition) is 3. The van der Waals surface area contributed by atoms with Crippen molar-refractivity contribution in [2.75, 3.05) is 19.8 Å². The SMILES string of the molecule is CCOC(CNC1CCC(C)c2ccccc21)OCC. The van der Waals surface area contributed by atoms with Crippen LogP contribution < -0.4 is 5.32 Å². The molecule has 1 aromatic carbocycles. The minimum atomic E-state index is -0.142. The highest BCUT2D eigenvalue weighted by Gasteiger charge is 2.24. The van der Waals surface area contributed by atoms with Gasteiger partial charge in [-0.1, -0.05) is 31.2 Å². The number of nitrogens with one attached hydrogen (secondary N) is 1. The molecule has 0 aromatic heterocycles. The first-order valence-corrected chi connectivity index (χ1v) is 7.81. The van der Waals surface area contributed by atoms with Crippen LogP contribution in [0.5, 0.6) is 0 Å². The molecule has 0 bridgehead atoms. The first-order chi connectivity index (χ1) is 9.76. The second-order valence-corrected chi connectivity index (χ2v) is 5.41. The molecule has 0 saturated carbocycles. The molecule has 0 saturated heterocycles. The minimum Gasteiger partial charge on any atom is -0.352 e. The van der Waals surface area contributed by atoms with E-state index in [1.165, 1.54) is 24.0 Å². The van der Waals surface area contributed by atoms with Crippen LogP contribution in [0.25, 0.3) is 0 Å². The van der Waals surface area contributed by atoms with Crippen LogP contribution in [0.15, 0.2) is 24.3 Å². The Bertz CT molecular complexity index is 402. The Morgan fingerprint density at radius 1 is 1.10 bits per heavy atom. The monoisotopic (exact) mass is 277 g/mol. The molecule has 0 fully saturated rings. The molecule has 2 atom stereocenters. The summed E-state index contributed by atoms with van der Waals surface area (Å²) in [5.41, 5.74) is 2.93. The predicted octanol–water partition coefficient (Wildman–Crippen LogP) is 3.61. The summed E-state index contributed by atoms with van der Waals surface area (Å²) in [7, 11) is 0. The van der Waals surface area contributed by atoms with E-state index in [1.54, 1.807) is 0 Å². The van der Waals surface area contributed by atoms with Gasteiger partial charge in [0.1, 0.15) is 0 Å². The van der Waals surface area contributed by atoms with Crippen molar-refractivity contribution in [2.24, 2.45) is 0 Å². The molecule has 0 aliphatic heterocycles. The summed E-state index contributed by atoms with van der Waals surface area (Å²) in [6.45, 7) is 8.44. The highest BCUT2D eigenvalue weighted by molar-refractivity contribution is 5.34. The van der Waals surface area contributed by atoms with Crippen LogP contribution in [0.1, 0.15) is 56.7 Å². The fraction of sp³-hybridized carbons (Fsp3) is 0.647. The Balaban J connectivity index is 1.98. The second kappa shape index (κ2) is 7.77. The molecule has 1 N–H and O–H groups in total. The van der Waals surface area contributed by atoms with Crippen LogP contribution in [0.2, 0.25) is 0 Å². The van der Waals surface area contributed by atoms with Gasteiger partial charge in [0.2, 0.25) is 0 Å². The predicted molar refractivity (Wildman–Crippen MR) is 81.9 cm³/mol. The molecule has 0 spiro atoms. The van der Waals surface area contributed by atoms with Crippen LogP contribution in [0, 0.1) is 0 Å². The maximum Gasteiger partial charge on any atom is 0.169 e. The van der Waals surface area contributed by atoms with Crippen molar-refractivity contribution < 1.29 is 9.47 Å². The highest BCUT2D eigenvalue weighted by Crippen LogP contribution is 2.36. The van der Waals surface area contributed by atoms with E-state index >= 15 is 0 Å². The number of fused-ring (bicyclic) bond motifs is 1. The van der Waals surface area contributed by atoms with Crippen molar-refractivity contribution in [3.8, 4) is 0 Å². The zero-order valence-electron chi connectivity index (χ0n) is 12.9. The Morgan fingerprint density at radius 2 is 1.75 bits per heavy atom. The summed E-state index contributed by atoms with van der Waals surface area (Å²) >= 11 is 0. The topological polar surface area (TPSA) is 30.5 Å². The van der Waals surface area contributed by atoms with Gasteiger partial charge in [0.05, 0.1) is 0 Å². The van der Waals surface area contributed by atoms with Gasteiger partial charge < -0.3 is 14.8 Å². The Morgan fingerprint density at radius 3 is 2.40 bits per heavy atom. The van der Waals surface area contributed by atoms with Gasteiger partial charge in [-0.2, -0.15) is 0 Å². The Hall–Kier alpha value is -0.900. The fourth-order valence-electron chi connectivity index (χ4n) is 2.99. The lowest BCUT2D eigenvalue weighted by atomic mass is 9.81. The molecular weight excluding hydrogens is 250 g/mol. The van der Waals surface area contributed by atoms with E-state index in [1.807, 2.05) is 13.8 Å². The van der Waals surface area contributed by atoms with E-state index in [0.717, 1.165) is 6.54 Å². The third-order valence-electron chi connectivity index (χ3n) is 4.03. The molecule has 3 nitrogen and oxygen atoms in total. The third-order valence-corrected chi connectivity index (χ3v) is 4.03. The number of rotatable bonds is 7. The van der Waals surface area contributed by atoms with E-state index in [4.69, 9.17) is 9.47 Å². The molecule has 0 radical (unpaired) electrons. The molecule has 112 valence electrons. The summed E-state index contributed by atoms with van der Waals surface area (Å²) in [6.07, 6.45) is 2.28. The van der Waals surface area contributed by atoms with Crippen molar-refractivity contribution in [1.82, 2.24) is 5.32 Å². The van der Waals surface area contributed by atoms with Gasteiger partial charge in [0, 0.05) is 25.8 Å². The first-order valence-electron chi connectivity index (χ1n) is 7.81. The molecule has 2 unspecified atom stereocenters. The van der Waals surface area contributed by atoms with E-state index in [0.29, 0.717) is 25.2 Å². The van der Waals surface area contributed by atoms with Crippen molar-refractivity contribution in [2.45, 2.75) is 51.9 Å². The van der Waals surface area contributed by atoms with Gasteiger partial charge >= 0.3 is 0 Å². The maximum atomic E-state index is 5.60. The molecule has 20 heavy (non-hydrogen) atoms. The molecule has 1 aliphatic rings. The minimum absolute atomic E-state index is 0.142. The normalized spacial score (nSPS) is 22.0. The van der Waals surface area contributed by atoms with Gasteiger partial charge in [-0.25, -0.2) is 0 Å². The molecule has 2 rings (SSSR count). The van der Waals surface area contributed by atoms with E-state index in [-0.39, 0.29) is 6.29 Å². The highest BCUT2D eigenvalue weighted by atomic mass is 16.7. The zero-order valence-corrected chi connectivity index (χ0v) is 12.9. The van der Waals surface area contributed by atoms with Gasteiger partial charge in [0.25, 0.3) is 0 Å². The largest absolute Gasteiger partial charge is 0.352 e. The lowest BCUT2D eigenvalue weighted by molar-refractivity contribution is -0.134. The summed E-state index contributed by atoms with van der Waals surface area (Å²) in [4.78, 5) is 0. The molecule has 3 heteroatoms. The summed E-state index contributed by atoms with van der Waals surface area (Å²) in [5.74, 6) is 0.666. The average molecular weight is 277 g/mol. The average Bonchev–Trinajstić information content (AvgIpc) is 2.47. The van der Waals surface area contributed by atoms with Crippen LogP contribution in [0.4, 0.5) is 0 Å². The Kier molecular flexibility index (Phi) is 6.02. The number of benzene rings is 1. The summed E-state index contributed by atoms with van der Waals surface area (Å²) in [5, 5.41) is 3.62. The van der Waals surface area contributed by atoms with Crippen LogP contribution >= 0.6 is 0 Å². The quantitative estimate of drug-likeness (QED) is 0.772. The van der Waals surface area contributed by atoms with Crippen LogP contribution in [0.3, 0.4) is 0 Å². The maximum absolute atomic E-state index is 5.60. The Labute approximate surface area is 122 Å². The number of ether oxygens (including phenoxy) is 2. The molecule has 1 aliphatic carbocycles. The molecule has 1 aromatic rings. The van der Waals surface area contributed by atoms with Gasteiger partial charge in [-0.15, -0.1) is 0 Å². The lowest BCUT2D eigenvalue weighted by Gasteiger charge is -2.31. The molecule has 0 heterocycles. The lowest BCUT2D eigenvalue weighted by Crippen LogP contribution is -2.35. The first kappa shape index (κ1) is 15.5. The molecular formula is C17H27NO2. The van der Waals surface area contributed by atoms with Crippen LogP contribution in [-0.4, -0.2) is 26.0 Å². The summed E-state index contributed by atoms with van der Waals surface area (Å²) in [6, 6.07) is 9.20. The third kappa shape index (κ3) is 3.81. The van der Waals surface area contributed by atoms with Crippen molar-refractivity contribution in [1.29, 1.82) is 0 Å². The van der Waals surface area contributed by atoms with Crippen LogP contribution in [-0.2, 0) is 9.47 Å². The molecule has 0 amide bonds. The second-order valence-electron chi connectivity index (χ2n) is 5.41. The van der Waals surface area contributed by atoms with Gasteiger partial charge in [0.15, 0.2) is 6.29 Å². The van der Waals surface area contributed by atoms with E-state index in [9.17, 15) is 0 Å². The van der Waals surface area contributed by atoms with Crippen molar-refractivity contribution in [3.05, 3.63) is 35.4 Å². The standard InChI is InChI=1S/C17H27NO2/c1-4-19-17(20-5-2)12-18-16-11-10-13(3)14-8-6-7-9-15(14)16/h6-9,13,16-18H,4-5,10-12H2,1-3H3. The smallest absolute Gasteiger partial charge is 0.169 e. The fourth-order valence-corrected chi connectivity index (χ4v) is 2.99.